The summed E-state index contributed by atoms with van der Waals surface area (Å²) >= 11 is 0. The molecule has 0 fully saturated rings. The Hall–Kier alpha value is -3.69. The number of amides is 2. The zero-order chi connectivity index (χ0) is 26.3. The second kappa shape index (κ2) is 12.0. The lowest BCUT2D eigenvalue weighted by Gasteiger charge is -2.24. The van der Waals surface area contributed by atoms with Crippen molar-refractivity contribution in [2.45, 2.75) is 37.1 Å². The first kappa shape index (κ1) is 26.4. The first-order valence-electron chi connectivity index (χ1n) is 12.4. The van der Waals surface area contributed by atoms with Crippen LogP contribution in [0.25, 0.3) is 0 Å². The van der Waals surface area contributed by atoms with E-state index in [0.717, 1.165) is 24.3 Å². The molecule has 1 unspecified atom stereocenters. The number of hydrogen-bond donors (Lipinski definition) is 3. The number of hydrogen-bond acceptors (Lipinski definition) is 5. The second-order valence-corrected chi connectivity index (χ2v) is 10.6. The third kappa shape index (κ3) is 6.75. The highest BCUT2D eigenvalue weighted by Crippen LogP contribution is 2.26. The number of fused-ring (bicyclic) bond motifs is 1. The maximum atomic E-state index is 13.3. The van der Waals surface area contributed by atoms with Gasteiger partial charge in [0.15, 0.2) is 0 Å². The summed E-state index contributed by atoms with van der Waals surface area (Å²) in [6.07, 6.45) is 1.48. The molecular formula is C28H32N4O4S. The lowest BCUT2D eigenvalue weighted by Crippen LogP contribution is -2.41. The molecule has 2 amide bonds. The van der Waals surface area contributed by atoms with E-state index in [1.54, 1.807) is 36.4 Å². The molecule has 0 aromatic heterocycles. The topological polar surface area (TPSA) is 108 Å². The summed E-state index contributed by atoms with van der Waals surface area (Å²) in [6, 6.07) is 22.4. The molecule has 0 spiro atoms. The van der Waals surface area contributed by atoms with Crippen molar-refractivity contribution in [2.75, 3.05) is 29.9 Å². The highest BCUT2D eigenvalue weighted by molar-refractivity contribution is 7.89. The number of benzene rings is 3. The maximum absolute atomic E-state index is 13.3. The number of nitrogens with one attached hydrogen (secondary N) is 3. The lowest BCUT2D eigenvalue weighted by molar-refractivity contribution is -0.122. The Morgan fingerprint density at radius 2 is 1.70 bits per heavy atom. The predicted octanol–water partition coefficient (Wildman–Crippen LogP) is 3.62. The van der Waals surface area contributed by atoms with Crippen LogP contribution in [0.4, 0.5) is 11.4 Å². The van der Waals surface area contributed by atoms with E-state index in [2.05, 4.69) is 39.3 Å². The van der Waals surface area contributed by atoms with E-state index in [4.69, 9.17) is 0 Å². The molecule has 0 aliphatic carbocycles. The van der Waals surface area contributed by atoms with Crippen LogP contribution in [0.3, 0.4) is 0 Å². The summed E-state index contributed by atoms with van der Waals surface area (Å²) in [5, 5.41) is 5.65. The van der Waals surface area contributed by atoms with E-state index in [0.29, 0.717) is 37.1 Å². The largest absolute Gasteiger partial charge is 0.372 e. The Labute approximate surface area is 218 Å². The van der Waals surface area contributed by atoms with Crippen molar-refractivity contribution in [3.05, 3.63) is 90.0 Å². The van der Waals surface area contributed by atoms with Gasteiger partial charge >= 0.3 is 0 Å². The van der Waals surface area contributed by atoms with Gasteiger partial charge in [0.2, 0.25) is 21.8 Å². The van der Waals surface area contributed by atoms with E-state index in [-0.39, 0.29) is 10.8 Å². The molecule has 3 aromatic carbocycles. The van der Waals surface area contributed by atoms with E-state index < -0.39 is 22.0 Å². The van der Waals surface area contributed by atoms with Gasteiger partial charge in [-0.3, -0.25) is 9.59 Å². The quantitative estimate of drug-likeness (QED) is 0.335. The molecule has 0 bridgehead atoms. The minimum Gasteiger partial charge on any atom is -0.372 e. The number of sulfonamides is 1. The first-order chi connectivity index (χ1) is 17.9. The monoisotopic (exact) mass is 520 g/mol. The van der Waals surface area contributed by atoms with Crippen LogP contribution in [-0.4, -0.2) is 39.9 Å². The molecule has 8 nitrogen and oxygen atoms in total. The minimum absolute atomic E-state index is 0.0533. The lowest BCUT2D eigenvalue weighted by atomic mass is 10.0. The zero-order valence-corrected chi connectivity index (χ0v) is 21.6. The average Bonchev–Trinajstić information content (AvgIpc) is 2.92. The molecule has 3 aromatic rings. The van der Waals surface area contributed by atoms with Crippen molar-refractivity contribution in [1.29, 1.82) is 0 Å². The molecule has 3 N–H and O–H groups in total. The van der Waals surface area contributed by atoms with Crippen molar-refractivity contribution in [3.8, 4) is 0 Å². The Kier molecular flexibility index (Phi) is 8.58. The maximum Gasteiger partial charge on any atom is 0.242 e. The molecule has 37 heavy (non-hydrogen) atoms. The summed E-state index contributed by atoms with van der Waals surface area (Å²) in [5.74, 6) is -0.504. The summed E-state index contributed by atoms with van der Waals surface area (Å²) < 4.78 is 29.2. The van der Waals surface area contributed by atoms with Gasteiger partial charge in [-0.15, -0.1) is 0 Å². The van der Waals surface area contributed by atoms with Gasteiger partial charge in [-0.05, 0) is 61.2 Å². The molecule has 4 rings (SSSR count). The van der Waals surface area contributed by atoms with Gasteiger partial charge in [0.25, 0.3) is 0 Å². The standard InChI is InChI=1S/C28H32N4O4S/c1-2-32(23-12-7-4-8-13-23)19-9-18-29-28(34)27(21-10-5-3-6-11-21)31-37(35,36)24-15-16-25-22(20-24)14-17-26(33)30-25/h3-8,10-13,15-16,20,27,31H,2,9,14,17-19H2,1H3,(H,29,34)(H,30,33). The molecule has 0 saturated carbocycles. The fourth-order valence-corrected chi connectivity index (χ4v) is 5.59. The fraction of sp³-hybridized carbons (Fsp3) is 0.286. The number of para-hydroxylation sites is 1. The third-order valence-corrected chi connectivity index (χ3v) is 7.78. The van der Waals surface area contributed by atoms with Crippen molar-refractivity contribution in [1.82, 2.24) is 10.0 Å². The SMILES string of the molecule is CCN(CCCNC(=O)C(NS(=O)(=O)c1ccc2c(c1)CCC(=O)N2)c1ccccc1)c1ccccc1. The van der Waals surface area contributed by atoms with E-state index in [1.807, 2.05) is 24.3 Å². The van der Waals surface area contributed by atoms with Gasteiger partial charge in [0.1, 0.15) is 6.04 Å². The average molecular weight is 521 g/mol. The molecule has 0 radical (unpaired) electrons. The number of carbonyl (C=O) groups is 2. The Bertz CT molecular complexity index is 1330. The van der Waals surface area contributed by atoms with Gasteiger partial charge < -0.3 is 15.5 Å². The Morgan fingerprint density at radius 3 is 2.41 bits per heavy atom. The van der Waals surface area contributed by atoms with Crippen molar-refractivity contribution < 1.29 is 18.0 Å². The van der Waals surface area contributed by atoms with Crippen molar-refractivity contribution in [2.24, 2.45) is 0 Å². The van der Waals surface area contributed by atoms with Gasteiger partial charge in [0, 0.05) is 37.4 Å². The second-order valence-electron chi connectivity index (χ2n) is 8.89. The van der Waals surface area contributed by atoms with Crippen LogP contribution in [0.2, 0.25) is 0 Å². The van der Waals surface area contributed by atoms with Crippen LogP contribution in [0.5, 0.6) is 0 Å². The molecular weight excluding hydrogens is 488 g/mol. The molecule has 1 aliphatic rings. The predicted molar refractivity (Wildman–Crippen MR) is 145 cm³/mol. The Morgan fingerprint density at radius 1 is 1.00 bits per heavy atom. The third-order valence-electron chi connectivity index (χ3n) is 6.36. The van der Waals surface area contributed by atoms with Crippen LogP contribution in [0.1, 0.15) is 36.9 Å². The molecule has 1 atom stereocenters. The fourth-order valence-electron chi connectivity index (χ4n) is 4.36. The summed E-state index contributed by atoms with van der Waals surface area (Å²) in [4.78, 5) is 27.1. The minimum atomic E-state index is -4.02. The van der Waals surface area contributed by atoms with Crippen LogP contribution in [-0.2, 0) is 26.0 Å². The smallest absolute Gasteiger partial charge is 0.242 e. The van der Waals surface area contributed by atoms with Crippen LogP contribution < -0.4 is 20.3 Å². The van der Waals surface area contributed by atoms with Crippen LogP contribution in [0, 0.1) is 0 Å². The number of anilines is 2. The normalized spacial score (nSPS) is 13.8. The van der Waals surface area contributed by atoms with Crippen LogP contribution >= 0.6 is 0 Å². The van der Waals surface area contributed by atoms with E-state index in [1.165, 1.54) is 6.07 Å². The van der Waals surface area contributed by atoms with Crippen molar-refractivity contribution >= 4 is 33.2 Å². The first-order valence-corrected chi connectivity index (χ1v) is 13.9. The number of rotatable bonds is 11. The number of nitrogens with zero attached hydrogens (tertiary/aromatic N) is 1. The molecule has 1 aliphatic heterocycles. The number of carbonyl (C=O) groups excluding carboxylic acids is 2. The van der Waals surface area contributed by atoms with E-state index >= 15 is 0 Å². The highest BCUT2D eigenvalue weighted by atomic mass is 32.2. The van der Waals surface area contributed by atoms with Gasteiger partial charge in [0.05, 0.1) is 4.90 Å². The Balaban J connectivity index is 1.44. The van der Waals surface area contributed by atoms with Gasteiger partial charge in [-0.1, -0.05) is 48.5 Å². The molecule has 1 heterocycles. The molecule has 194 valence electrons. The van der Waals surface area contributed by atoms with E-state index in [9.17, 15) is 18.0 Å². The summed E-state index contributed by atoms with van der Waals surface area (Å²) in [6.45, 7) is 4.09. The van der Waals surface area contributed by atoms with Gasteiger partial charge in [-0.2, -0.15) is 4.72 Å². The number of aryl methyl sites for hydroxylation is 1. The van der Waals surface area contributed by atoms with Crippen molar-refractivity contribution in [3.63, 3.8) is 0 Å². The van der Waals surface area contributed by atoms with Gasteiger partial charge in [-0.25, -0.2) is 8.42 Å². The summed E-state index contributed by atoms with van der Waals surface area (Å²) in [7, 11) is -4.02. The molecule has 9 heteroatoms. The molecule has 0 saturated heterocycles. The zero-order valence-electron chi connectivity index (χ0n) is 20.8. The summed E-state index contributed by atoms with van der Waals surface area (Å²) in [5.41, 5.74) is 3.04. The van der Waals surface area contributed by atoms with Crippen LogP contribution in [0.15, 0.2) is 83.8 Å². The highest BCUT2D eigenvalue weighted by Gasteiger charge is 2.28.